The van der Waals surface area contributed by atoms with E-state index < -0.39 is 0 Å². The van der Waals surface area contributed by atoms with Crippen LogP contribution in [-0.4, -0.2) is 22.9 Å². The lowest BCUT2D eigenvalue weighted by atomic mass is 9.75. The highest BCUT2D eigenvalue weighted by Gasteiger charge is 2.45. The van der Waals surface area contributed by atoms with Crippen LogP contribution in [0.25, 0.3) is 0 Å². The topological polar surface area (TPSA) is 40.5 Å². The number of hydrogen-bond acceptors (Lipinski definition) is 2. The lowest BCUT2D eigenvalue weighted by molar-refractivity contribution is 0.0983. The van der Waals surface area contributed by atoms with Crippen LogP contribution in [0.3, 0.4) is 0 Å². The Labute approximate surface area is 74.6 Å². The van der Waals surface area contributed by atoms with Gasteiger partial charge in [-0.3, -0.25) is 0 Å². The monoisotopic (exact) mass is 172 g/mol. The summed E-state index contributed by atoms with van der Waals surface area (Å²) in [6, 6.07) is 0. The third-order valence-electron chi connectivity index (χ3n) is 3.81. The first-order chi connectivity index (χ1) is 5.50. The Bertz CT molecular complexity index is 154. The van der Waals surface area contributed by atoms with Gasteiger partial charge in [-0.1, -0.05) is 20.8 Å². The molecule has 0 spiro atoms. The Morgan fingerprint density at radius 2 is 2.00 bits per heavy atom. The predicted octanol–water partition coefficient (Wildman–Crippen LogP) is 1.41. The SMILES string of the molecule is C[C@@H]1[C@@H](O)C[C@H](CCO)C1(C)C. The largest absolute Gasteiger partial charge is 0.396 e. The van der Waals surface area contributed by atoms with Crippen molar-refractivity contribution in [1.29, 1.82) is 0 Å². The van der Waals surface area contributed by atoms with Gasteiger partial charge in [-0.15, -0.1) is 0 Å². The summed E-state index contributed by atoms with van der Waals surface area (Å²) in [7, 11) is 0. The molecule has 0 aromatic heterocycles. The van der Waals surface area contributed by atoms with E-state index in [0.29, 0.717) is 11.8 Å². The van der Waals surface area contributed by atoms with E-state index in [1.165, 1.54) is 0 Å². The minimum atomic E-state index is -0.170. The van der Waals surface area contributed by atoms with Gasteiger partial charge in [-0.25, -0.2) is 0 Å². The maximum absolute atomic E-state index is 9.65. The maximum atomic E-state index is 9.65. The zero-order valence-corrected chi connectivity index (χ0v) is 8.25. The molecule has 3 atom stereocenters. The summed E-state index contributed by atoms with van der Waals surface area (Å²) in [4.78, 5) is 0. The maximum Gasteiger partial charge on any atom is 0.0573 e. The molecule has 0 aromatic carbocycles. The molecule has 0 radical (unpaired) electrons. The summed E-state index contributed by atoms with van der Waals surface area (Å²) >= 11 is 0. The van der Waals surface area contributed by atoms with Crippen molar-refractivity contribution in [3.8, 4) is 0 Å². The Morgan fingerprint density at radius 1 is 1.42 bits per heavy atom. The standard InChI is InChI=1S/C10H20O2/c1-7-9(12)6-8(4-5-11)10(7,2)3/h7-9,11-12H,4-6H2,1-3H3/t7-,8+,9+/m1/s1. The molecule has 0 amide bonds. The second-order valence-corrected chi connectivity index (χ2v) is 4.62. The van der Waals surface area contributed by atoms with E-state index in [4.69, 9.17) is 5.11 Å². The zero-order valence-electron chi connectivity index (χ0n) is 8.25. The van der Waals surface area contributed by atoms with Crippen LogP contribution in [0.15, 0.2) is 0 Å². The van der Waals surface area contributed by atoms with E-state index in [9.17, 15) is 5.11 Å². The number of aliphatic hydroxyl groups excluding tert-OH is 2. The van der Waals surface area contributed by atoms with Crippen LogP contribution >= 0.6 is 0 Å². The first-order valence-electron chi connectivity index (χ1n) is 4.79. The Hall–Kier alpha value is -0.0800. The molecule has 1 rings (SSSR count). The fourth-order valence-corrected chi connectivity index (χ4v) is 2.31. The van der Waals surface area contributed by atoms with E-state index >= 15 is 0 Å². The summed E-state index contributed by atoms with van der Waals surface area (Å²) in [6.07, 6.45) is 1.51. The fourth-order valence-electron chi connectivity index (χ4n) is 2.31. The second kappa shape index (κ2) is 3.35. The van der Waals surface area contributed by atoms with Crippen molar-refractivity contribution < 1.29 is 10.2 Å². The quantitative estimate of drug-likeness (QED) is 0.661. The van der Waals surface area contributed by atoms with Crippen molar-refractivity contribution in [2.45, 2.75) is 39.7 Å². The molecule has 0 aliphatic heterocycles. The van der Waals surface area contributed by atoms with Crippen molar-refractivity contribution in [2.24, 2.45) is 17.3 Å². The van der Waals surface area contributed by atoms with Gasteiger partial charge in [0.1, 0.15) is 0 Å². The average Bonchev–Trinajstić information content (AvgIpc) is 2.17. The summed E-state index contributed by atoms with van der Waals surface area (Å²) in [5.74, 6) is 0.835. The molecule has 72 valence electrons. The molecule has 1 saturated carbocycles. The number of rotatable bonds is 2. The van der Waals surface area contributed by atoms with Crippen LogP contribution in [0, 0.1) is 17.3 Å². The molecule has 0 saturated heterocycles. The van der Waals surface area contributed by atoms with Crippen LogP contribution in [0.2, 0.25) is 0 Å². The van der Waals surface area contributed by atoms with Crippen molar-refractivity contribution in [3.05, 3.63) is 0 Å². The highest BCUT2D eigenvalue weighted by atomic mass is 16.3. The zero-order chi connectivity index (χ0) is 9.35. The van der Waals surface area contributed by atoms with Crippen molar-refractivity contribution in [2.75, 3.05) is 6.61 Å². The van der Waals surface area contributed by atoms with Crippen LogP contribution in [0.1, 0.15) is 33.6 Å². The Kier molecular flexibility index (Phi) is 2.79. The normalized spacial score (nSPS) is 40.2. The molecule has 0 aromatic rings. The molecule has 1 aliphatic carbocycles. The van der Waals surface area contributed by atoms with Gasteiger partial charge in [0.15, 0.2) is 0 Å². The fraction of sp³-hybridized carbons (Fsp3) is 1.00. The Morgan fingerprint density at radius 3 is 2.33 bits per heavy atom. The smallest absolute Gasteiger partial charge is 0.0573 e. The lowest BCUT2D eigenvalue weighted by Gasteiger charge is -2.30. The third-order valence-corrected chi connectivity index (χ3v) is 3.81. The average molecular weight is 172 g/mol. The first kappa shape index (κ1) is 10.0. The summed E-state index contributed by atoms with van der Waals surface area (Å²) in [5.41, 5.74) is 0.183. The highest BCUT2D eigenvalue weighted by molar-refractivity contribution is 4.94. The highest BCUT2D eigenvalue weighted by Crippen LogP contribution is 2.48. The van der Waals surface area contributed by atoms with Crippen molar-refractivity contribution in [1.82, 2.24) is 0 Å². The first-order valence-corrected chi connectivity index (χ1v) is 4.79. The predicted molar refractivity (Wildman–Crippen MR) is 48.8 cm³/mol. The molecule has 2 nitrogen and oxygen atoms in total. The van der Waals surface area contributed by atoms with Gasteiger partial charge in [0.05, 0.1) is 6.10 Å². The van der Waals surface area contributed by atoms with Crippen molar-refractivity contribution in [3.63, 3.8) is 0 Å². The van der Waals surface area contributed by atoms with Crippen LogP contribution in [0.5, 0.6) is 0 Å². The second-order valence-electron chi connectivity index (χ2n) is 4.62. The van der Waals surface area contributed by atoms with Gasteiger partial charge in [0, 0.05) is 6.61 Å². The minimum Gasteiger partial charge on any atom is -0.396 e. The molecule has 0 unspecified atom stereocenters. The number of hydrogen-bond donors (Lipinski definition) is 2. The summed E-state index contributed by atoms with van der Waals surface area (Å²) in [6.45, 7) is 6.72. The van der Waals surface area contributed by atoms with E-state index in [0.717, 1.165) is 12.8 Å². The molecule has 0 bridgehead atoms. The Balaban J connectivity index is 2.66. The van der Waals surface area contributed by atoms with Crippen LogP contribution in [-0.2, 0) is 0 Å². The molecule has 1 fully saturated rings. The van der Waals surface area contributed by atoms with Gasteiger partial charge >= 0.3 is 0 Å². The molecule has 1 aliphatic rings. The molecular weight excluding hydrogens is 152 g/mol. The minimum absolute atomic E-state index is 0.170. The van der Waals surface area contributed by atoms with Crippen LogP contribution in [0.4, 0.5) is 0 Å². The van der Waals surface area contributed by atoms with Gasteiger partial charge in [0.25, 0.3) is 0 Å². The van der Waals surface area contributed by atoms with E-state index in [1.807, 2.05) is 0 Å². The van der Waals surface area contributed by atoms with E-state index in [-0.39, 0.29) is 18.1 Å². The third kappa shape index (κ3) is 1.50. The lowest BCUT2D eigenvalue weighted by Crippen LogP contribution is -2.26. The van der Waals surface area contributed by atoms with Gasteiger partial charge in [-0.2, -0.15) is 0 Å². The van der Waals surface area contributed by atoms with E-state index in [1.54, 1.807) is 0 Å². The summed E-state index contributed by atoms with van der Waals surface area (Å²) < 4.78 is 0. The van der Waals surface area contributed by atoms with Crippen LogP contribution < -0.4 is 0 Å². The molecule has 2 heteroatoms. The van der Waals surface area contributed by atoms with Gasteiger partial charge in [-0.05, 0) is 30.1 Å². The number of aliphatic hydroxyl groups is 2. The molecule has 0 heterocycles. The molecule has 2 N–H and O–H groups in total. The van der Waals surface area contributed by atoms with Gasteiger partial charge < -0.3 is 10.2 Å². The van der Waals surface area contributed by atoms with E-state index in [2.05, 4.69) is 20.8 Å². The molecular formula is C10H20O2. The summed E-state index contributed by atoms with van der Waals surface area (Å²) in [5, 5.41) is 18.5. The molecule has 12 heavy (non-hydrogen) atoms. The van der Waals surface area contributed by atoms with Crippen molar-refractivity contribution >= 4 is 0 Å². The van der Waals surface area contributed by atoms with Gasteiger partial charge in [0.2, 0.25) is 0 Å².